The summed E-state index contributed by atoms with van der Waals surface area (Å²) in [5.74, 6) is 2.37. The monoisotopic (exact) mass is 1310 g/mol. The SMILES string of the molecule is CCCC(=O)C[S@@]1(=O)=NC(=O)c2ccc3c(c2)N(C[C@@H]2CC[C@H]2[C@@H](OC)CCCCC1)C[C@@]1(CCCc2cc(Cl)ccc21)CO3.CCCC(=O)C[S@]1(=O)=NC(=O)c2ccc3c(c2)N(C[C@@H]2CC[C@H]2[C@@H](OC)CCCCC1)C[C@@]1(CCCc2cc(Cl)ccc21)CO3. The molecule has 0 radical (unpaired) electrons. The zero-order valence-corrected chi connectivity index (χ0v) is 56.6. The quantitative estimate of drug-likeness (QED) is 0.147. The molecule has 8 aliphatic rings. The second kappa shape index (κ2) is 29.2. The molecule has 18 heteroatoms. The minimum Gasteiger partial charge on any atom is -0.490 e. The third kappa shape index (κ3) is 15.0. The molecule has 4 aliphatic heterocycles. The molecular weight excluding hydrogens is 1220 g/mol. The summed E-state index contributed by atoms with van der Waals surface area (Å²) in [7, 11) is -2.39. The molecule has 4 aliphatic carbocycles. The predicted molar refractivity (Wildman–Crippen MR) is 360 cm³/mol. The van der Waals surface area contributed by atoms with E-state index in [9.17, 15) is 27.6 Å². The van der Waals surface area contributed by atoms with Crippen molar-refractivity contribution in [3.8, 4) is 11.5 Å². The van der Waals surface area contributed by atoms with E-state index in [0.717, 1.165) is 162 Å². The fraction of sp³-hybridized carbons (Fsp3) is 0.611. The van der Waals surface area contributed by atoms with Gasteiger partial charge in [-0.2, -0.15) is 8.73 Å². The topological polar surface area (TPSA) is 171 Å². The van der Waals surface area contributed by atoms with Gasteiger partial charge in [0.05, 0.1) is 67.8 Å². The fourth-order valence-corrected chi connectivity index (χ4v) is 20.7. The Labute approximate surface area is 545 Å². The van der Waals surface area contributed by atoms with Crippen molar-refractivity contribution >= 4 is 77.4 Å². The molecule has 4 heterocycles. The number of carbonyl (C=O) groups is 4. The zero-order valence-electron chi connectivity index (χ0n) is 53.5. The van der Waals surface area contributed by atoms with Gasteiger partial charge in [-0.15, -0.1) is 0 Å². The number of ketones is 2. The molecule has 90 heavy (non-hydrogen) atoms. The van der Waals surface area contributed by atoms with Crippen LogP contribution in [-0.2, 0) is 62.2 Å². The first kappa shape index (κ1) is 66.6. The van der Waals surface area contributed by atoms with Crippen molar-refractivity contribution in [2.75, 3.05) is 86.4 Å². The molecule has 0 aromatic heterocycles. The van der Waals surface area contributed by atoms with Crippen LogP contribution < -0.4 is 19.3 Å². The number of benzene rings is 4. The van der Waals surface area contributed by atoms with Gasteiger partial charge in [0.15, 0.2) is 0 Å². The Morgan fingerprint density at radius 1 is 0.567 bits per heavy atom. The summed E-state index contributed by atoms with van der Waals surface area (Å²) in [4.78, 5) is 57.6. The number of halogens is 2. The van der Waals surface area contributed by atoms with Gasteiger partial charge in [0.2, 0.25) is 0 Å². The molecule has 2 amide bonds. The molecule has 488 valence electrons. The van der Waals surface area contributed by atoms with Crippen LogP contribution in [0, 0.1) is 23.7 Å². The van der Waals surface area contributed by atoms with Gasteiger partial charge >= 0.3 is 0 Å². The van der Waals surface area contributed by atoms with Gasteiger partial charge in [-0.1, -0.05) is 74.9 Å². The average Bonchev–Trinajstić information content (AvgIpc) is 1.45. The second-order valence-electron chi connectivity index (χ2n) is 27.4. The maximum absolute atomic E-state index is 14.1. The van der Waals surface area contributed by atoms with Crippen LogP contribution in [0.1, 0.15) is 185 Å². The highest BCUT2D eigenvalue weighted by atomic mass is 35.5. The van der Waals surface area contributed by atoms with Gasteiger partial charge in [-0.3, -0.25) is 19.2 Å². The number of aryl methyl sites for hydroxylation is 2. The summed E-state index contributed by atoms with van der Waals surface area (Å²) in [5, 5.41) is 1.52. The van der Waals surface area contributed by atoms with E-state index >= 15 is 0 Å². The van der Waals surface area contributed by atoms with Crippen LogP contribution >= 0.6 is 23.2 Å². The molecule has 2 spiro atoms. The summed E-state index contributed by atoms with van der Waals surface area (Å²) >= 11 is 12.9. The van der Waals surface area contributed by atoms with Crippen LogP contribution in [0.25, 0.3) is 0 Å². The van der Waals surface area contributed by atoms with Crippen LogP contribution in [-0.4, -0.2) is 121 Å². The maximum atomic E-state index is 14.1. The minimum absolute atomic E-state index is 0.0928. The number of Topliss-reactive ketones (excluding diaryl/α,β-unsaturated/α-hetero) is 2. The van der Waals surface area contributed by atoms with E-state index in [1.807, 2.05) is 64.5 Å². The van der Waals surface area contributed by atoms with E-state index in [-0.39, 0.29) is 57.6 Å². The van der Waals surface area contributed by atoms with Crippen LogP contribution in [0.4, 0.5) is 11.4 Å². The number of hydrogen-bond acceptors (Lipinski definition) is 12. The Morgan fingerprint density at radius 3 is 1.39 bits per heavy atom. The Balaban J connectivity index is 0.000000185. The Hall–Kier alpha value is -4.84. The average molecular weight is 1310 g/mol. The minimum atomic E-state index is -3.03. The molecule has 2 fully saturated rings. The molecular formula is C72H94Cl2N4O10S2. The highest BCUT2D eigenvalue weighted by molar-refractivity contribution is 7.94. The third-order valence-electron chi connectivity index (χ3n) is 21.2. The number of carbonyl (C=O) groups excluding carboxylic acids is 4. The number of rotatable bonds is 10. The summed E-state index contributed by atoms with van der Waals surface area (Å²) in [6, 6.07) is 23.6. The van der Waals surface area contributed by atoms with Crippen molar-refractivity contribution < 1.29 is 46.5 Å². The van der Waals surface area contributed by atoms with Crippen molar-refractivity contribution in [3.63, 3.8) is 0 Å². The molecule has 0 N–H and O–H groups in total. The third-order valence-corrected chi connectivity index (χ3v) is 26.1. The molecule has 14 nitrogen and oxygen atoms in total. The maximum Gasteiger partial charge on any atom is 0.285 e. The number of anilines is 2. The zero-order chi connectivity index (χ0) is 63.2. The first-order valence-electron chi connectivity index (χ1n) is 33.7. The standard InChI is InChI=1S/2C36H47ClN2O5S/c2*1-3-8-29(40)22-45(42)18-6-4-5-10-33(43-2)30-14-11-27(30)21-39-23-36(17-7-9-25-19-28(37)13-15-31(25)36)24-44-34-16-12-26(20-32(34)39)35(41)38-45/h2*12-13,15-16,19-20,27,30,33H,3-11,14,17-18,21-24H2,1-2H3/t27-,30+,33-,36-,45+;27-,30+,33-,36-,45-/m00/s1. The number of fused-ring (bicyclic) bond motifs is 8. The summed E-state index contributed by atoms with van der Waals surface area (Å²) in [6.45, 7) is 8.19. The van der Waals surface area contributed by atoms with E-state index in [2.05, 4.69) is 42.8 Å². The summed E-state index contributed by atoms with van der Waals surface area (Å²) in [5.41, 5.74) is 7.32. The Kier molecular flexibility index (Phi) is 21.6. The van der Waals surface area contributed by atoms with Crippen molar-refractivity contribution in [2.45, 2.75) is 178 Å². The summed E-state index contributed by atoms with van der Waals surface area (Å²) in [6.07, 6.45) is 20.1. The number of methoxy groups -OCH3 is 2. The van der Waals surface area contributed by atoms with E-state index in [0.29, 0.717) is 86.5 Å². The second-order valence-corrected chi connectivity index (χ2v) is 33.2. The van der Waals surface area contributed by atoms with Crippen LogP contribution in [0.3, 0.4) is 0 Å². The first-order chi connectivity index (χ1) is 43.4. The molecule has 0 saturated heterocycles. The first-order valence-corrected chi connectivity index (χ1v) is 38.2. The van der Waals surface area contributed by atoms with Crippen molar-refractivity contribution in [3.05, 3.63) is 116 Å². The lowest BCUT2D eigenvalue weighted by Crippen LogP contribution is -2.49. The van der Waals surface area contributed by atoms with Gasteiger partial charge in [0.1, 0.15) is 23.1 Å². The van der Waals surface area contributed by atoms with Gasteiger partial charge in [-0.25, -0.2) is 8.42 Å². The predicted octanol–water partition coefficient (Wildman–Crippen LogP) is 14.8. The van der Waals surface area contributed by atoms with Crippen LogP contribution in [0.5, 0.6) is 11.5 Å². The molecule has 2 saturated carbocycles. The lowest BCUT2D eigenvalue weighted by atomic mass is 9.68. The Morgan fingerprint density at radius 2 is 1.00 bits per heavy atom. The molecule has 4 aromatic carbocycles. The van der Waals surface area contributed by atoms with Crippen molar-refractivity contribution in [1.82, 2.24) is 0 Å². The lowest BCUT2D eigenvalue weighted by molar-refractivity contribution is -0.117. The van der Waals surface area contributed by atoms with E-state index in [1.165, 1.54) is 22.3 Å². The van der Waals surface area contributed by atoms with Gasteiger partial charge in [-0.05, 0) is 209 Å². The normalized spacial score (nSPS) is 30.2. The molecule has 10 atom stereocenters. The highest BCUT2D eigenvalue weighted by Crippen LogP contribution is 2.50. The van der Waals surface area contributed by atoms with Gasteiger partial charge in [0.25, 0.3) is 11.8 Å². The Bertz CT molecular complexity index is 3330. The summed E-state index contributed by atoms with van der Waals surface area (Å²) < 4.78 is 62.2. The van der Waals surface area contributed by atoms with Crippen molar-refractivity contribution in [1.29, 1.82) is 0 Å². The molecule has 12 rings (SSSR count). The van der Waals surface area contributed by atoms with E-state index < -0.39 is 31.3 Å². The van der Waals surface area contributed by atoms with Crippen LogP contribution in [0.2, 0.25) is 10.0 Å². The number of ether oxygens (including phenoxy) is 4. The number of amides is 2. The van der Waals surface area contributed by atoms with Crippen molar-refractivity contribution in [2.24, 2.45) is 32.4 Å². The van der Waals surface area contributed by atoms with E-state index in [1.54, 1.807) is 12.1 Å². The number of nitrogens with zero attached hydrogens (tertiary/aromatic N) is 4. The number of hydrogen-bond donors (Lipinski definition) is 0. The van der Waals surface area contributed by atoms with Gasteiger partial charge < -0.3 is 28.7 Å². The smallest absolute Gasteiger partial charge is 0.285 e. The lowest BCUT2D eigenvalue weighted by Gasteiger charge is -2.46. The van der Waals surface area contributed by atoms with Crippen LogP contribution in [0.15, 0.2) is 81.5 Å². The molecule has 0 unspecified atom stereocenters. The molecule has 4 aromatic rings. The highest BCUT2D eigenvalue weighted by Gasteiger charge is 2.47. The molecule has 4 bridgehead atoms. The largest absolute Gasteiger partial charge is 0.490 e. The van der Waals surface area contributed by atoms with Gasteiger partial charge in [0, 0.05) is 96.7 Å². The van der Waals surface area contributed by atoms with E-state index in [4.69, 9.17) is 42.1 Å². The fourth-order valence-electron chi connectivity index (χ4n) is 16.3.